The summed E-state index contributed by atoms with van der Waals surface area (Å²) in [5.74, 6) is 0.922. The summed E-state index contributed by atoms with van der Waals surface area (Å²) in [6, 6.07) is 5.95. The van der Waals surface area contributed by atoms with Crippen molar-refractivity contribution in [1.29, 1.82) is 0 Å². The highest BCUT2D eigenvalue weighted by Gasteiger charge is 2.23. The molecule has 0 aliphatic carbocycles. The number of hydrogen-bond donors (Lipinski definition) is 1. The van der Waals surface area contributed by atoms with Gasteiger partial charge in [-0.2, -0.15) is 5.10 Å². The predicted molar refractivity (Wildman–Crippen MR) is 70.0 cm³/mol. The van der Waals surface area contributed by atoms with Gasteiger partial charge in [-0.05, 0) is 12.1 Å². The standard InChI is InChI=1S/C11H12IN3O/c12-11-6-10(7-13-11)16-9-2-4-15-8(5-9)1-3-14-15/h1-5,10-11,13H,6-7H2/t10-,11-/m1/s1. The molecule has 0 spiro atoms. The maximum atomic E-state index is 5.91. The lowest BCUT2D eigenvalue weighted by molar-refractivity contribution is 0.222. The topological polar surface area (TPSA) is 38.6 Å². The molecule has 2 aromatic heterocycles. The number of halogens is 1. The molecule has 2 aromatic rings. The summed E-state index contributed by atoms with van der Waals surface area (Å²) in [7, 11) is 0. The van der Waals surface area contributed by atoms with E-state index in [1.165, 1.54) is 0 Å². The number of alkyl halides is 1. The lowest BCUT2D eigenvalue weighted by atomic mass is 10.3. The zero-order valence-electron chi connectivity index (χ0n) is 8.64. The Morgan fingerprint density at radius 3 is 3.25 bits per heavy atom. The molecule has 0 aromatic carbocycles. The summed E-state index contributed by atoms with van der Waals surface area (Å²) in [5.41, 5.74) is 1.06. The molecule has 5 heteroatoms. The first-order valence-corrected chi connectivity index (χ1v) is 6.53. The number of nitrogens with one attached hydrogen (secondary N) is 1. The molecule has 1 saturated heterocycles. The zero-order chi connectivity index (χ0) is 11.0. The summed E-state index contributed by atoms with van der Waals surface area (Å²) in [5, 5.41) is 7.52. The molecule has 0 bridgehead atoms. The summed E-state index contributed by atoms with van der Waals surface area (Å²) < 4.78 is 8.28. The maximum Gasteiger partial charge on any atom is 0.123 e. The van der Waals surface area contributed by atoms with Crippen LogP contribution in [0.1, 0.15) is 6.42 Å². The average molecular weight is 329 g/mol. The smallest absolute Gasteiger partial charge is 0.123 e. The zero-order valence-corrected chi connectivity index (χ0v) is 10.8. The van der Waals surface area contributed by atoms with Gasteiger partial charge >= 0.3 is 0 Å². The van der Waals surface area contributed by atoms with Crippen LogP contribution < -0.4 is 10.1 Å². The van der Waals surface area contributed by atoms with Crippen molar-refractivity contribution in [2.45, 2.75) is 16.6 Å². The molecular formula is C11H12IN3O. The van der Waals surface area contributed by atoms with Gasteiger partial charge in [0.1, 0.15) is 11.9 Å². The normalized spacial score (nSPS) is 25.1. The van der Waals surface area contributed by atoms with E-state index in [9.17, 15) is 0 Å². The molecule has 1 aliphatic heterocycles. The van der Waals surface area contributed by atoms with Crippen LogP contribution in [-0.2, 0) is 0 Å². The van der Waals surface area contributed by atoms with Crippen LogP contribution in [0.4, 0.5) is 0 Å². The number of aromatic nitrogens is 2. The monoisotopic (exact) mass is 329 g/mol. The van der Waals surface area contributed by atoms with Crippen molar-refractivity contribution in [3.63, 3.8) is 0 Å². The molecule has 0 unspecified atom stereocenters. The maximum absolute atomic E-state index is 5.91. The second-order valence-electron chi connectivity index (χ2n) is 3.91. The highest BCUT2D eigenvalue weighted by atomic mass is 127. The largest absolute Gasteiger partial charge is 0.489 e. The van der Waals surface area contributed by atoms with E-state index in [-0.39, 0.29) is 6.10 Å². The van der Waals surface area contributed by atoms with E-state index in [0.29, 0.717) is 4.05 Å². The first-order valence-electron chi connectivity index (χ1n) is 5.29. The molecule has 4 nitrogen and oxygen atoms in total. The molecule has 0 amide bonds. The van der Waals surface area contributed by atoms with Crippen LogP contribution in [0.3, 0.4) is 0 Å². The fraction of sp³-hybridized carbons (Fsp3) is 0.364. The Morgan fingerprint density at radius 1 is 1.50 bits per heavy atom. The first kappa shape index (κ1) is 10.3. The van der Waals surface area contributed by atoms with Gasteiger partial charge in [-0.3, -0.25) is 0 Å². The van der Waals surface area contributed by atoms with E-state index in [1.54, 1.807) is 6.20 Å². The lowest BCUT2D eigenvalue weighted by Gasteiger charge is -2.12. The Kier molecular flexibility index (Phi) is 2.72. The molecule has 0 saturated carbocycles. The van der Waals surface area contributed by atoms with Crippen molar-refractivity contribution in [3.8, 4) is 5.75 Å². The van der Waals surface area contributed by atoms with Gasteiger partial charge in [0, 0.05) is 31.4 Å². The van der Waals surface area contributed by atoms with Crippen LogP contribution >= 0.6 is 22.6 Å². The first-order chi connectivity index (χ1) is 7.81. The van der Waals surface area contributed by atoms with Gasteiger partial charge in [-0.15, -0.1) is 0 Å². The van der Waals surface area contributed by atoms with Crippen molar-refractivity contribution in [2.75, 3.05) is 6.54 Å². The second kappa shape index (κ2) is 4.21. The Bertz CT molecular complexity index is 499. The molecule has 1 N–H and O–H groups in total. The van der Waals surface area contributed by atoms with Crippen LogP contribution in [0.15, 0.2) is 30.6 Å². The van der Waals surface area contributed by atoms with Crippen molar-refractivity contribution >= 4 is 28.1 Å². The molecule has 16 heavy (non-hydrogen) atoms. The minimum absolute atomic E-state index is 0.285. The fourth-order valence-corrected chi connectivity index (χ4v) is 2.74. The van der Waals surface area contributed by atoms with Crippen LogP contribution in [0.5, 0.6) is 5.75 Å². The van der Waals surface area contributed by atoms with E-state index < -0.39 is 0 Å². The van der Waals surface area contributed by atoms with E-state index in [0.717, 1.165) is 24.2 Å². The summed E-state index contributed by atoms with van der Waals surface area (Å²) in [6.45, 7) is 0.929. The van der Waals surface area contributed by atoms with E-state index in [2.05, 4.69) is 33.0 Å². The summed E-state index contributed by atoms with van der Waals surface area (Å²) >= 11 is 2.40. The van der Waals surface area contributed by atoms with Crippen molar-refractivity contribution in [1.82, 2.24) is 14.9 Å². The molecule has 0 radical (unpaired) electrons. The quantitative estimate of drug-likeness (QED) is 0.519. The number of hydrogen-bond acceptors (Lipinski definition) is 3. The minimum Gasteiger partial charge on any atom is -0.489 e. The highest BCUT2D eigenvalue weighted by Crippen LogP contribution is 2.20. The Balaban J connectivity index is 1.78. The van der Waals surface area contributed by atoms with Gasteiger partial charge in [-0.1, -0.05) is 22.6 Å². The highest BCUT2D eigenvalue weighted by molar-refractivity contribution is 14.1. The number of fused-ring (bicyclic) bond motifs is 1. The lowest BCUT2D eigenvalue weighted by Crippen LogP contribution is -2.20. The van der Waals surface area contributed by atoms with E-state index in [1.807, 2.05) is 28.9 Å². The van der Waals surface area contributed by atoms with Gasteiger partial charge in [0.25, 0.3) is 0 Å². The van der Waals surface area contributed by atoms with E-state index >= 15 is 0 Å². The molecule has 84 valence electrons. The number of rotatable bonds is 2. The predicted octanol–water partition coefficient (Wildman–Crippen LogP) is 1.84. The van der Waals surface area contributed by atoms with Gasteiger partial charge < -0.3 is 10.1 Å². The van der Waals surface area contributed by atoms with Crippen LogP contribution in [0.25, 0.3) is 5.52 Å². The van der Waals surface area contributed by atoms with Gasteiger partial charge in [0.2, 0.25) is 0 Å². The van der Waals surface area contributed by atoms with Crippen molar-refractivity contribution in [3.05, 3.63) is 30.6 Å². The van der Waals surface area contributed by atoms with Gasteiger partial charge in [0.05, 0.1) is 9.57 Å². The Labute approximate surface area is 107 Å². The Hall–Kier alpha value is -0.820. The van der Waals surface area contributed by atoms with Crippen LogP contribution in [0, 0.1) is 0 Å². The third kappa shape index (κ3) is 2.01. The van der Waals surface area contributed by atoms with Gasteiger partial charge in [-0.25, -0.2) is 4.52 Å². The number of nitrogens with zero attached hydrogens (tertiary/aromatic N) is 2. The Morgan fingerprint density at radius 2 is 2.44 bits per heavy atom. The van der Waals surface area contributed by atoms with Crippen LogP contribution in [-0.4, -0.2) is 26.3 Å². The molecule has 3 heterocycles. The molecule has 1 aliphatic rings. The van der Waals surface area contributed by atoms with Crippen molar-refractivity contribution < 1.29 is 4.74 Å². The average Bonchev–Trinajstić information content (AvgIpc) is 2.87. The SMILES string of the molecule is I[C@H]1C[C@@H](Oc2ccn3nccc3c2)CN1. The van der Waals surface area contributed by atoms with Crippen molar-refractivity contribution in [2.24, 2.45) is 0 Å². The third-order valence-corrected chi connectivity index (χ3v) is 3.66. The second-order valence-corrected chi connectivity index (χ2v) is 5.42. The molecule has 1 fully saturated rings. The van der Waals surface area contributed by atoms with Crippen LogP contribution in [0.2, 0.25) is 0 Å². The number of ether oxygens (including phenoxy) is 1. The third-order valence-electron chi connectivity index (χ3n) is 2.71. The molecule has 3 rings (SSSR count). The molecular weight excluding hydrogens is 317 g/mol. The summed E-state index contributed by atoms with van der Waals surface area (Å²) in [6.07, 6.45) is 5.06. The molecule has 2 atom stereocenters. The van der Waals surface area contributed by atoms with Gasteiger partial charge in [0.15, 0.2) is 0 Å². The fourth-order valence-electron chi connectivity index (χ4n) is 1.91. The summed E-state index contributed by atoms with van der Waals surface area (Å²) in [4.78, 5) is 0. The van der Waals surface area contributed by atoms with E-state index in [4.69, 9.17) is 4.74 Å². The minimum atomic E-state index is 0.285. The number of pyridine rings is 1.